The number of hydrogen-bond donors (Lipinski definition) is 0. The van der Waals surface area contributed by atoms with E-state index in [4.69, 9.17) is 4.74 Å². The van der Waals surface area contributed by atoms with Crippen LogP contribution in [0.15, 0.2) is 18.2 Å². The number of hydrogen-bond acceptors (Lipinski definition) is 5. The maximum atomic E-state index is 11.5. The Labute approximate surface area is 111 Å². The summed E-state index contributed by atoms with van der Waals surface area (Å²) in [5.41, 5.74) is 0.549. The van der Waals surface area contributed by atoms with Crippen molar-refractivity contribution in [2.45, 2.75) is 12.8 Å². The van der Waals surface area contributed by atoms with Crippen LogP contribution in [0.5, 0.6) is 5.75 Å². The molecule has 0 saturated heterocycles. The fourth-order valence-corrected chi connectivity index (χ4v) is 1.65. The first-order chi connectivity index (χ1) is 9.13. The van der Waals surface area contributed by atoms with Crippen molar-refractivity contribution >= 4 is 11.9 Å². The van der Waals surface area contributed by atoms with Gasteiger partial charge in [-0.1, -0.05) is 0 Å². The molecule has 19 heavy (non-hydrogen) atoms. The summed E-state index contributed by atoms with van der Waals surface area (Å²) in [6.07, 6.45) is 2.33. The van der Waals surface area contributed by atoms with Gasteiger partial charge >= 0.3 is 11.9 Å². The number of rotatable bonds is 5. The fourth-order valence-electron chi connectivity index (χ4n) is 1.65. The molecule has 102 valence electrons. The van der Waals surface area contributed by atoms with Crippen molar-refractivity contribution in [1.29, 1.82) is 0 Å². The van der Waals surface area contributed by atoms with Crippen LogP contribution in [0.1, 0.15) is 33.6 Å². The molecule has 1 aliphatic rings. The van der Waals surface area contributed by atoms with Gasteiger partial charge in [-0.25, -0.2) is 9.59 Å². The number of esters is 2. The van der Waals surface area contributed by atoms with E-state index in [0.717, 1.165) is 0 Å². The van der Waals surface area contributed by atoms with Crippen LogP contribution in [0.25, 0.3) is 0 Å². The average Bonchev–Trinajstić information content (AvgIpc) is 3.27. The second-order valence-corrected chi connectivity index (χ2v) is 4.48. The van der Waals surface area contributed by atoms with Crippen LogP contribution in [0.3, 0.4) is 0 Å². The van der Waals surface area contributed by atoms with Crippen molar-refractivity contribution in [1.82, 2.24) is 0 Å². The molecule has 0 aromatic heterocycles. The van der Waals surface area contributed by atoms with Crippen molar-refractivity contribution in [3.8, 4) is 5.75 Å². The topological polar surface area (TPSA) is 61.8 Å². The molecule has 5 nitrogen and oxygen atoms in total. The van der Waals surface area contributed by atoms with Gasteiger partial charge in [-0.05, 0) is 37.0 Å². The maximum Gasteiger partial charge on any atom is 0.338 e. The Morgan fingerprint density at radius 2 is 1.58 bits per heavy atom. The highest BCUT2D eigenvalue weighted by Gasteiger charge is 2.22. The van der Waals surface area contributed by atoms with Crippen molar-refractivity contribution in [2.75, 3.05) is 20.8 Å². The summed E-state index contributed by atoms with van der Waals surface area (Å²) < 4.78 is 14.9. The summed E-state index contributed by atoms with van der Waals surface area (Å²) >= 11 is 0. The van der Waals surface area contributed by atoms with E-state index < -0.39 is 11.9 Å². The Kier molecular flexibility index (Phi) is 4.04. The predicted octanol–water partition coefficient (Wildman–Crippen LogP) is 2.05. The highest BCUT2D eigenvalue weighted by molar-refractivity contribution is 5.96. The van der Waals surface area contributed by atoms with Gasteiger partial charge in [0.15, 0.2) is 0 Å². The fraction of sp³-hybridized carbons (Fsp3) is 0.429. The van der Waals surface area contributed by atoms with Crippen molar-refractivity contribution in [2.24, 2.45) is 5.92 Å². The predicted molar refractivity (Wildman–Crippen MR) is 67.3 cm³/mol. The molecule has 1 saturated carbocycles. The zero-order valence-corrected chi connectivity index (χ0v) is 11.0. The zero-order chi connectivity index (χ0) is 13.8. The number of methoxy groups -OCH3 is 2. The standard InChI is InChI=1S/C14H16O5/c1-17-13(15)10-5-11(14(16)18-2)7-12(6-10)19-8-9-3-4-9/h5-7,9H,3-4,8H2,1-2H3. The molecule has 2 rings (SSSR count). The molecular formula is C14H16O5. The minimum absolute atomic E-state index is 0.274. The van der Waals surface area contributed by atoms with E-state index in [9.17, 15) is 9.59 Å². The summed E-state index contributed by atoms with van der Waals surface area (Å²) in [6, 6.07) is 4.57. The SMILES string of the molecule is COC(=O)c1cc(OCC2CC2)cc(C(=O)OC)c1. The molecule has 0 radical (unpaired) electrons. The second kappa shape index (κ2) is 5.73. The van der Waals surface area contributed by atoms with E-state index in [1.807, 2.05) is 0 Å². The van der Waals surface area contributed by atoms with Gasteiger partial charge in [-0.2, -0.15) is 0 Å². The molecule has 0 spiro atoms. The summed E-state index contributed by atoms with van der Waals surface area (Å²) in [4.78, 5) is 23.1. The summed E-state index contributed by atoms with van der Waals surface area (Å²) in [6.45, 7) is 0.602. The monoisotopic (exact) mass is 264 g/mol. The first-order valence-electron chi connectivity index (χ1n) is 6.08. The lowest BCUT2D eigenvalue weighted by Crippen LogP contribution is -2.08. The lowest BCUT2D eigenvalue weighted by molar-refractivity contribution is 0.0598. The van der Waals surface area contributed by atoms with Gasteiger partial charge in [0.2, 0.25) is 0 Å². The van der Waals surface area contributed by atoms with Crippen LogP contribution in [0, 0.1) is 5.92 Å². The minimum Gasteiger partial charge on any atom is -0.493 e. The number of ether oxygens (including phenoxy) is 3. The third-order valence-corrected chi connectivity index (χ3v) is 2.93. The molecule has 0 heterocycles. The number of benzene rings is 1. The van der Waals surface area contributed by atoms with Crippen LogP contribution in [-0.2, 0) is 9.47 Å². The Morgan fingerprint density at radius 3 is 2.00 bits per heavy atom. The normalized spacial score (nSPS) is 13.8. The average molecular weight is 264 g/mol. The Hall–Kier alpha value is -2.04. The molecule has 0 amide bonds. The van der Waals surface area contributed by atoms with Crippen LogP contribution in [0.2, 0.25) is 0 Å². The van der Waals surface area contributed by atoms with E-state index in [1.54, 1.807) is 12.1 Å². The first kappa shape index (κ1) is 13.4. The quantitative estimate of drug-likeness (QED) is 0.762. The van der Waals surface area contributed by atoms with Gasteiger partial charge in [0.25, 0.3) is 0 Å². The molecule has 0 N–H and O–H groups in total. The maximum absolute atomic E-state index is 11.5. The molecule has 1 aromatic carbocycles. The van der Waals surface area contributed by atoms with Gasteiger partial charge in [0, 0.05) is 0 Å². The van der Waals surface area contributed by atoms with Crippen molar-refractivity contribution in [3.63, 3.8) is 0 Å². The van der Waals surface area contributed by atoms with Crippen LogP contribution in [-0.4, -0.2) is 32.8 Å². The molecule has 0 bridgehead atoms. The highest BCUT2D eigenvalue weighted by atomic mass is 16.5. The second-order valence-electron chi connectivity index (χ2n) is 4.48. The van der Waals surface area contributed by atoms with E-state index in [0.29, 0.717) is 18.3 Å². The third-order valence-electron chi connectivity index (χ3n) is 2.93. The van der Waals surface area contributed by atoms with Gasteiger partial charge in [-0.3, -0.25) is 0 Å². The number of carbonyl (C=O) groups is 2. The number of carbonyl (C=O) groups excluding carboxylic acids is 2. The lowest BCUT2D eigenvalue weighted by atomic mass is 10.1. The first-order valence-corrected chi connectivity index (χ1v) is 6.08. The lowest BCUT2D eigenvalue weighted by Gasteiger charge is -2.09. The molecule has 5 heteroatoms. The van der Waals surface area contributed by atoms with E-state index in [-0.39, 0.29) is 11.1 Å². The highest BCUT2D eigenvalue weighted by Crippen LogP contribution is 2.30. The molecule has 1 fully saturated rings. The Balaban J connectivity index is 2.24. The van der Waals surface area contributed by atoms with Gasteiger partial charge in [-0.15, -0.1) is 0 Å². The minimum atomic E-state index is -0.512. The Bertz CT molecular complexity index is 456. The van der Waals surface area contributed by atoms with Crippen molar-refractivity contribution in [3.05, 3.63) is 29.3 Å². The summed E-state index contributed by atoms with van der Waals surface area (Å²) in [7, 11) is 2.58. The largest absolute Gasteiger partial charge is 0.493 e. The van der Waals surface area contributed by atoms with Gasteiger partial charge in [0.1, 0.15) is 5.75 Å². The smallest absolute Gasteiger partial charge is 0.338 e. The molecule has 1 aromatic rings. The van der Waals surface area contributed by atoms with Gasteiger partial charge in [0.05, 0.1) is 32.0 Å². The van der Waals surface area contributed by atoms with E-state index >= 15 is 0 Å². The van der Waals surface area contributed by atoms with Gasteiger partial charge < -0.3 is 14.2 Å². The van der Waals surface area contributed by atoms with E-state index in [1.165, 1.54) is 33.1 Å². The zero-order valence-electron chi connectivity index (χ0n) is 11.0. The summed E-state index contributed by atoms with van der Waals surface area (Å²) in [5, 5.41) is 0. The third kappa shape index (κ3) is 3.47. The van der Waals surface area contributed by atoms with Crippen LogP contribution < -0.4 is 4.74 Å². The van der Waals surface area contributed by atoms with Crippen LogP contribution in [0.4, 0.5) is 0 Å². The van der Waals surface area contributed by atoms with E-state index in [2.05, 4.69) is 9.47 Å². The molecule has 0 atom stereocenters. The molecule has 0 aliphatic heterocycles. The molecule has 1 aliphatic carbocycles. The van der Waals surface area contributed by atoms with Crippen LogP contribution >= 0.6 is 0 Å². The summed E-state index contributed by atoms with van der Waals surface area (Å²) in [5.74, 6) is 0.0441. The van der Waals surface area contributed by atoms with Crippen molar-refractivity contribution < 1.29 is 23.8 Å². The molecule has 0 unspecified atom stereocenters. The molecular weight excluding hydrogens is 248 g/mol. The Morgan fingerprint density at radius 1 is 1.05 bits per heavy atom.